The Labute approximate surface area is 116 Å². The minimum absolute atomic E-state index is 0.276. The van der Waals surface area contributed by atoms with Crippen LogP contribution in [0.25, 0.3) is 0 Å². The van der Waals surface area contributed by atoms with Crippen molar-refractivity contribution in [2.45, 2.75) is 19.4 Å². The number of imide groups is 1. The fraction of sp³-hybridized carbons (Fsp3) is 0.385. The van der Waals surface area contributed by atoms with Gasteiger partial charge in [-0.05, 0) is 24.6 Å². The Morgan fingerprint density at radius 2 is 2.16 bits per heavy atom. The molecule has 2 rings (SSSR count). The molecule has 19 heavy (non-hydrogen) atoms. The van der Waals surface area contributed by atoms with E-state index in [1.165, 1.54) is 0 Å². The fourth-order valence-electron chi connectivity index (χ4n) is 1.93. The molecule has 1 aromatic rings. The lowest BCUT2D eigenvalue weighted by Gasteiger charge is -2.14. The van der Waals surface area contributed by atoms with E-state index in [0.717, 1.165) is 10.5 Å². The number of urea groups is 1. The van der Waals surface area contributed by atoms with Gasteiger partial charge < -0.3 is 10.1 Å². The molecule has 0 aromatic heterocycles. The van der Waals surface area contributed by atoms with Gasteiger partial charge in [-0.3, -0.25) is 4.79 Å². The summed E-state index contributed by atoms with van der Waals surface area (Å²) < 4.78 is 4.92. The number of ether oxygens (including phenoxy) is 1. The molecule has 1 heterocycles. The van der Waals surface area contributed by atoms with Gasteiger partial charge in [-0.2, -0.15) is 0 Å². The van der Waals surface area contributed by atoms with Crippen LogP contribution < -0.4 is 10.2 Å². The zero-order valence-corrected chi connectivity index (χ0v) is 11.5. The molecule has 1 aliphatic heterocycles. The number of benzene rings is 1. The van der Waals surface area contributed by atoms with Crippen LogP contribution in [0.3, 0.4) is 0 Å². The van der Waals surface area contributed by atoms with Crippen molar-refractivity contribution >= 4 is 29.2 Å². The topological polar surface area (TPSA) is 58.6 Å². The number of amides is 3. The van der Waals surface area contributed by atoms with Crippen molar-refractivity contribution in [1.82, 2.24) is 5.32 Å². The Kier molecular flexibility index (Phi) is 4.07. The number of halogens is 1. The highest BCUT2D eigenvalue weighted by Gasteiger charge is 2.38. The predicted octanol–water partition coefficient (Wildman–Crippen LogP) is 2.11. The first-order valence-corrected chi connectivity index (χ1v) is 6.32. The molecular weight excluding hydrogens is 268 g/mol. The van der Waals surface area contributed by atoms with Crippen molar-refractivity contribution in [3.8, 4) is 0 Å². The first-order valence-electron chi connectivity index (χ1n) is 5.94. The molecule has 1 saturated heterocycles. The van der Waals surface area contributed by atoms with Crippen LogP contribution in [0.2, 0.25) is 5.02 Å². The number of nitrogens with one attached hydrogen (secondary N) is 1. The number of nitrogens with zero attached hydrogens (tertiary/aromatic N) is 1. The van der Waals surface area contributed by atoms with E-state index in [2.05, 4.69) is 5.32 Å². The molecule has 1 aliphatic rings. The van der Waals surface area contributed by atoms with Gasteiger partial charge in [-0.25, -0.2) is 9.69 Å². The second-order valence-corrected chi connectivity index (χ2v) is 4.80. The zero-order chi connectivity index (χ0) is 14.0. The molecule has 1 unspecified atom stereocenters. The van der Waals surface area contributed by atoms with Gasteiger partial charge in [0.1, 0.15) is 6.04 Å². The summed E-state index contributed by atoms with van der Waals surface area (Å²) in [7, 11) is 1.55. The Morgan fingerprint density at radius 1 is 1.42 bits per heavy atom. The van der Waals surface area contributed by atoms with Gasteiger partial charge in [0.2, 0.25) is 0 Å². The quantitative estimate of drug-likeness (QED) is 0.861. The maximum absolute atomic E-state index is 12.2. The predicted molar refractivity (Wildman–Crippen MR) is 72.5 cm³/mol. The van der Waals surface area contributed by atoms with Crippen LogP contribution in [0.15, 0.2) is 18.2 Å². The molecular formula is C13H15ClN2O3. The van der Waals surface area contributed by atoms with Crippen molar-refractivity contribution in [2.24, 2.45) is 0 Å². The molecule has 6 heteroatoms. The minimum atomic E-state index is -0.535. The van der Waals surface area contributed by atoms with Crippen LogP contribution in [0, 0.1) is 6.92 Å². The van der Waals surface area contributed by atoms with Crippen LogP contribution >= 0.6 is 11.6 Å². The molecule has 1 atom stereocenters. The van der Waals surface area contributed by atoms with Crippen molar-refractivity contribution in [3.05, 3.63) is 28.8 Å². The van der Waals surface area contributed by atoms with Crippen LogP contribution in [0.1, 0.15) is 12.0 Å². The summed E-state index contributed by atoms with van der Waals surface area (Å²) in [6.45, 7) is 2.28. The summed E-state index contributed by atoms with van der Waals surface area (Å²) in [6.07, 6.45) is 0.456. The SMILES string of the molecule is COCCC1NC(=O)N(c2ccc(C)c(Cl)c2)C1=O. The molecule has 3 amide bonds. The third kappa shape index (κ3) is 2.72. The maximum Gasteiger partial charge on any atom is 0.329 e. The summed E-state index contributed by atoms with van der Waals surface area (Å²) in [6, 6.07) is 4.14. The molecule has 0 saturated carbocycles. The van der Waals surface area contributed by atoms with Gasteiger partial charge in [0.25, 0.3) is 5.91 Å². The normalized spacial score (nSPS) is 18.9. The lowest BCUT2D eigenvalue weighted by Crippen LogP contribution is -2.31. The molecule has 0 spiro atoms. The molecule has 1 fully saturated rings. The number of carbonyl (C=O) groups excluding carboxylic acids is 2. The average molecular weight is 283 g/mol. The van der Waals surface area contributed by atoms with Crippen LogP contribution in [-0.4, -0.2) is 31.7 Å². The maximum atomic E-state index is 12.2. The molecule has 1 N–H and O–H groups in total. The minimum Gasteiger partial charge on any atom is -0.385 e. The summed E-state index contributed by atoms with van der Waals surface area (Å²) in [5, 5.41) is 3.16. The molecule has 0 bridgehead atoms. The molecule has 102 valence electrons. The summed E-state index contributed by atoms with van der Waals surface area (Å²) in [5.74, 6) is -0.276. The van der Waals surface area contributed by atoms with Gasteiger partial charge in [0.05, 0.1) is 5.69 Å². The summed E-state index contributed by atoms with van der Waals surface area (Å²) in [4.78, 5) is 25.1. The summed E-state index contributed by atoms with van der Waals surface area (Å²) >= 11 is 6.02. The number of hydrogen-bond donors (Lipinski definition) is 1. The van der Waals surface area contributed by atoms with E-state index in [1.54, 1.807) is 25.3 Å². The first-order chi connectivity index (χ1) is 9.04. The fourth-order valence-corrected chi connectivity index (χ4v) is 2.10. The second-order valence-electron chi connectivity index (χ2n) is 4.39. The van der Waals surface area contributed by atoms with Crippen LogP contribution in [0.5, 0.6) is 0 Å². The monoisotopic (exact) mass is 282 g/mol. The van der Waals surface area contributed by atoms with Crippen LogP contribution in [-0.2, 0) is 9.53 Å². The van der Waals surface area contributed by atoms with E-state index in [9.17, 15) is 9.59 Å². The lowest BCUT2D eigenvalue weighted by molar-refractivity contribution is -0.118. The van der Waals surface area contributed by atoms with Crippen molar-refractivity contribution in [1.29, 1.82) is 0 Å². The number of aryl methyl sites for hydroxylation is 1. The lowest BCUT2D eigenvalue weighted by atomic mass is 10.2. The smallest absolute Gasteiger partial charge is 0.329 e. The highest BCUT2D eigenvalue weighted by atomic mass is 35.5. The van der Waals surface area contributed by atoms with Crippen LogP contribution in [0.4, 0.5) is 10.5 Å². The summed E-state index contributed by atoms with van der Waals surface area (Å²) in [5.41, 5.74) is 1.38. The number of hydrogen-bond acceptors (Lipinski definition) is 3. The van der Waals surface area contributed by atoms with Crippen molar-refractivity contribution < 1.29 is 14.3 Å². The molecule has 5 nitrogen and oxygen atoms in total. The highest BCUT2D eigenvalue weighted by molar-refractivity contribution is 6.32. The Balaban J connectivity index is 2.22. The largest absolute Gasteiger partial charge is 0.385 e. The van der Waals surface area contributed by atoms with Gasteiger partial charge in [0, 0.05) is 25.2 Å². The van der Waals surface area contributed by atoms with Crippen molar-refractivity contribution in [3.63, 3.8) is 0 Å². The Hall–Kier alpha value is -1.59. The second kappa shape index (κ2) is 5.59. The molecule has 0 aliphatic carbocycles. The Morgan fingerprint density at radius 3 is 2.79 bits per heavy atom. The van der Waals surface area contributed by atoms with E-state index in [-0.39, 0.29) is 5.91 Å². The van der Waals surface area contributed by atoms with Gasteiger partial charge in [0.15, 0.2) is 0 Å². The van der Waals surface area contributed by atoms with Gasteiger partial charge in [-0.1, -0.05) is 17.7 Å². The van der Waals surface area contributed by atoms with E-state index >= 15 is 0 Å². The molecule has 0 radical (unpaired) electrons. The standard InChI is InChI=1S/C13H15ClN2O3/c1-8-3-4-9(7-10(8)14)16-12(17)11(5-6-19-2)15-13(16)18/h3-4,7,11H,5-6H2,1-2H3,(H,15,18). The van der Waals surface area contributed by atoms with E-state index in [0.29, 0.717) is 23.7 Å². The average Bonchev–Trinajstić information content (AvgIpc) is 2.65. The van der Waals surface area contributed by atoms with E-state index < -0.39 is 12.1 Å². The molecule has 1 aromatic carbocycles. The van der Waals surface area contributed by atoms with Crippen molar-refractivity contribution in [2.75, 3.05) is 18.6 Å². The number of rotatable bonds is 4. The first kappa shape index (κ1) is 13.8. The van der Waals surface area contributed by atoms with E-state index in [4.69, 9.17) is 16.3 Å². The van der Waals surface area contributed by atoms with Gasteiger partial charge >= 0.3 is 6.03 Å². The van der Waals surface area contributed by atoms with Gasteiger partial charge in [-0.15, -0.1) is 0 Å². The Bertz CT molecular complexity index is 519. The zero-order valence-electron chi connectivity index (χ0n) is 10.8. The number of methoxy groups -OCH3 is 1. The highest BCUT2D eigenvalue weighted by Crippen LogP contribution is 2.26. The third-order valence-corrected chi connectivity index (χ3v) is 3.45. The number of anilines is 1. The third-order valence-electron chi connectivity index (χ3n) is 3.04. The van der Waals surface area contributed by atoms with E-state index in [1.807, 2.05) is 6.92 Å². The number of carbonyl (C=O) groups is 2.